The van der Waals surface area contributed by atoms with Gasteiger partial charge >= 0.3 is 0 Å². The summed E-state index contributed by atoms with van der Waals surface area (Å²) in [6.07, 6.45) is 2.12. The zero-order chi connectivity index (χ0) is 8.53. The Balaban J connectivity index is 2.85. The fourth-order valence-corrected chi connectivity index (χ4v) is 0.655. The molecule has 0 bridgehead atoms. The van der Waals surface area contributed by atoms with Crippen LogP contribution in [0.3, 0.4) is 0 Å². The first kappa shape index (κ1) is 10.4. The van der Waals surface area contributed by atoms with Crippen LogP contribution in [0.5, 0.6) is 0 Å². The first-order valence-corrected chi connectivity index (χ1v) is 3.94. The molecule has 0 unspecified atom stereocenters. The average molecular weight is 160 g/mol. The molecule has 0 N–H and O–H groups in total. The predicted molar refractivity (Wildman–Crippen MR) is 42.3 cm³/mol. The van der Waals surface area contributed by atoms with Gasteiger partial charge in [-0.2, -0.15) is 0 Å². The van der Waals surface area contributed by atoms with Gasteiger partial charge in [0.25, 0.3) is 6.47 Å². The molecule has 0 amide bonds. The van der Waals surface area contributed by atoms with E-state index in [0.29, 0.717) is 19.2 Å². The molecule has 0 atom stereocenters. The Labute approximate surface area is 67.7 Å². The quantitative estimate of drug-likeness (QED) is 0.416. The molecule has 0 aromatic rings. The number of carbonyl (C=O) groups excluding carboxylic acids is 1. The lowest BCUT2D eigenvalue weighted by molar-refractivity contribution is -0.128. The molecule has 0 fully saturated rings. The van der Waals surface area contributed by atoms with Crippen LogP contribution in [0, 0.1) is 0 Å². The number of ether oxygens (including phenoxy) is 2. The Kier molecular flexibility index (Phi) is 7.15. The van der Waals surface area contributed by atoms with Gasteiger partial charge in [-0.05, 0) is 26.7 Å². The molecule has 0 aliphatic carbocycles. The second-order valence-corrected chi connectivity index (χ2v) is 2.59. The highest BCUT2D eigenvalue weighted by molar-refractivity contribution is 5.36. The van der Waals surface area contributed by atoms with Crippen LogP contribution in [0.4, 0.5) is 0 Å². The summed E-state index contributed by atoms with van der Waals surface area (Å²) in [6.45, 7) is 5.73. The number of rotatable bonds is 7. The van der Waals surface area contributed by atoms with Gasteiger partial charge < -0.3 is 9.47 Å². The van der Waals surface area contributed by atoms with Gasteiger partial charge in [-0.25, -0.2) is 0 Å². The molecule has 0 saturated carbocycles. The fourth-order valence-electron chi connectivity index (χ4n) is 0.655. The standard InChI is InChI=1S/C8H16O3/c1-8(2)11-6-4-3-5-10-7-9/h7-8H,3-6H2,1-2H3. The minimum atomic E-state index is 0.294. The number of hydrogen-bond donors (Lipinski definition) is 0. The maximum absolute atomic E-state index is 9.69. The molecular formula is C8H16O3. The van der Waals surface area contributed by atoms with Crippen molar-refractivity contribution in [1.29, 1.82) is 0 Å². The molecule has 0 aromatic heterocycles. The first-order chi connectivity index (χ1) is 5.27. The van der Waals surface area contributed by atoms with Crippen molar-refractivity contribution >= 4 is 6.47 Å². The zero-order valence-corrected chi connectivity index (χ0v) is 7.21. The van der Waals surface area contributed by atoms with E-state index in [9.17, 15) is 4.79 Å². The third-order valence-electron chi connectivity index (χ3n) is 1.18. The Morgan fingerprint density at radius 3 is 2.45 bits per heavy atom. The van der Waals surface area contributed by atoms with Gasteiger partial charge in [0.05, 0.1) is 12.7 Å². The van der Waals surface area contributed by atoms with Crippen molar-refractivity contribution in [3.05, 3.63) is 0 Å². The molecule has 0 aliphatic heterocycles. The van der Waals surface area contributed by atoms with E-state index in [0.717, 1.165) is 19.4 Å². The van der Waals surface area contributed by atoms with Crippen LogP contribution in [0.1, 0.15) is 26.7 Å². The van der Waals surface area contributed by atoms with Crippen LogP contribution >= 0.6 is 0 Å². The normalized spacial score (nSPS) is 10.1. The van der Waals surface area contributed by atoms with Crippen molar-refractivity contribution in [1.82, 2.24) is 0 Å². The highest BCUT2D eigenvalue weighted by Crippen LogP contribution is 1.93. The Morgan fingerprint density at radius 1 is 1.27 bits per heavy atom. The molecule has 66 valence electrons. The maximum atomic E-state index is 9.69. The van der Waals surface area contributed by atoms with Crippen molar-refractivity contribution in [2.24, 2.45) is 0 Å². The predicted octanol–water partition coefficient (Wildman–Crippen LogP) is 1.36. The molecule has 0 spiro atoms. The molecule has 3 nitrogen and oxygen atoms in total. The minimum Gasteiger partial charge on any atom is -0.468 e. The summed E-state index contributed by atoms with van der Waals surface area (Å²) < 4.78 is 9.78. The van der Waals surface area contributed by atoms with Gasteiger partial charge in [0, 0.05) is 6.61 Å². The van der Waals surface area contributed by atoms with E-state index in [4.69, 9.17) is 4.74 Å². The third-order valence-corrected chi connectivity index (χ3v) is 1.18. The summed E-state index contributed by atoms with van der Waals surface area (Å²) >= 11 is 0. The van der Waals surface area contributed by atoms with E-state index < -0.39 is 0 Å². The van der Waals surface area contributed by atoms with Crippen LogP contribution in [0.25, 0.3) is 0 Å². The lowest BCUT2D eigenvalue weighted by Gasteiger charge is -2.05. The van der Waals surface area contributed by atoms with E-state index in [2.05, 4.69) is 4.74 Å². The van der Waals surface area contributed by atoms with Crippen molar-refractivity contribution in [2.45, 2.75) is 32.8 Å². The molecule has 0 aromatic carbocycles. The largest absolute Gasteiger partial charge is 0.468 e. The van der Waals surface area contributed by atoms with Crippen molar-refractivity contribution in [3.63, 3.8) is 0 Å². The topological polar surface area (TPSA) is 35.5 Å². The van der Waals surface area contributed by atoms with Crippen LogP contribution in [-0.4, -0.2) is 25.8 Å². The molecule has 11 heavy (non-hydrogen) atoms. The second kappa shape index (κ2) is 7.54. The Bertz CT molecular complexity index is 91.3. The number of carbonyl (C=O) groups is 1. The highest BCUT2D eigenvalue weighted by Gasteiger charge is 1.92. The highest BCUT2D eigenvalue weighted by atomic mass is 16.5. The van der Waals surface area contributed by atoms with Crippen molar-refractivity contribution < 1.29 is 14.3 Å². The summed E-state index contributed by atoms with van der Waals surface area (Å²) in [7, 11) is 0. The molecule has 0 rings (SSSR count). The van der Waals surface area contributed by atoms with Gasteiger partial charge in [0.1, 0.15) is 0 Å². The van der Waals surface area contributed by atoms with Crippen LogP contribution < -0.4 is 0 Å². The summed E-state index contributed by atoms with van der Waals surface area (Å²) in [5.41, 5.74) is 0. The molecular weight excluding hydrogens is 144 g/mol. The summed E-state index contributed by atoms with van der Waals surface area (Å²) in [4.78, 5) is 9.69. The van der Waals surface area contributed by atoms with E-state index in [1.807, 2.05) is 13.8 Å². The number of hydrogen-bond acceptors (Lipinski definition) is 3. The van der Waals surface area contributed by atoms with E-state index in [1.165, 1.54) is 0 Å². The molecule has 0 saturated heterocycles. The van der Waals surface area contributed by atoms with Crippen molar-refractivity contribution in [2.75, 3.05) is 13.2 Å². The van der Waals surface area contributed by atoms with E-state index in [-0.39, 0.29) is 0 Å². The molecule has 0 heterocycles. The SMILES string of the molecule is CC(C)OCCCCOC=O. The molecule has 3 heteroatoms. The fraction of sp³-hybridized carbons (Fsp3) is 0.875. The smallest absolute Gasteiger partial charge is 0.293 e. The molecule has 0 radical (unpaired) electrons. The third kappa shape index (κ3) is 9.43. The minimum absolute atomic E-state index is 0.294. The first-order valence-electron chi connectivity index (χ1n) is 3.94. The van der Waals surface area contributed by atoms with E-state index >= 15 is 0 Å². The number of unbranched alkanes of at least 4 members (excludes halogenated alkanes) is 1. The van der Waals surface area contributed by atoms with Crippen LogP contribution in [0.15, 0.2) is 0 Å². The monoisotopic (exact) mass is 160 g/mol. The van der Waals surface area contributed by atoms with Gasteiger partial charge in [0.15, 0.2) is 0 Å². The van der Waals surface area contributed by atoms with Crippen LogP contribution in [-0.2, 0) is 14.3 Å². The van der Waals surface area contributed by atoms with Gasteiger partial charge in [-0.3, -0.25) is 4.79 Å². The Morgan fingerprint density at radius 2 is 1.91 bits per heavy atom. The van der Waals surface area contributed by atoms with Gasteiger partial charge in [0.2, 0.25) is 0 Å². The van der Waals surface area contributed by atoms with Gasteiger partial charge in [-0.15, -0.1) is 0 Å². The average Bonchev–Trinajstić information content (AvgIpc) is 1.96. The van der Waals surface area contributed by atoms with E-state index in [1.54, 1.807) is 0 Å². The summed E-state index contributed by atoms with van der Waals surface area (Å²) in [5.74, 6) is 0. The molecule has 0 aliphatic rings. The lowest BCUT2D eigenvalue weighted by atomic mass is 10.3. The Hall–Kier alpha value is -0.570. The van der Waals surface area contributed by atoms with Crippen LogP contribution in [0.2, 0.25) is 0 Å². The zero-order valence-electron chi connectivity index (χ0n) is 7.21. The summed E-state index contributed by atoms with van der Waals surface area (Å²) in [6, 6.07) is 0. The second-order valence-electron chi connectivity index (χ2n) is 2.59. The van der Waals surface area contributed by atoms with Crippen molar-refractivity contribution in [3.8, 4) is 0 Å². The van der Waals surface area contributed by atoms with Gasteiger partial charge in [-0.1, -0.05) is 0 Å². The summed E-state index contributed by atoms with van der Waals surface area (Å²) in [5, 5.41) is 0. The lowest BCUT2D eigenvalue weighted by Crippen LogP contribution is -2.04. The maximum Gasteiger partial charge on any atom is 0.293 e.